The minimum atomic E-state index is -1.12. The lowest BCUT2D eigenvalue weighted by molar-refractivity contribution is 0.340. The molecule has 0 bridgehead atoms. The van der Waals surface area contributed by atoms with Gasteiger partial charge in [0, 0.05) is 30.4 Å². The molecule has 128 valence electrons. The Balaban J connectivity index is 2.13. The molecule has 0 fully saturated rings. The van der Waals surface area contributed by atoms with Crippen LogP contribution in [0, 0.1) is 11.3 Å². The predicted molar refractivity (Wildman–Crippen MR) is 102 cm³/mol. The molecule has 3 rings (SSSR count). The highest BCUT2D eigenvalue weighted by molar-refractivity contribution is 7.85. The van der Waals surface area contributed by atoms with Crippen LogP contribution in [0.15, 0.2) is 42.5 Å². The molecule has 2 aromatic carbocycles. The van der Waals surface area contributed by atoms with E-state index in [2.05, 4.69) is 10.8 Å². The number of benzene rings is 2. The van der Waals surface area contributed by atoms with Crippen molar-refractivity contribution in [2.24, 2.45) is 7.05 Å². The van der Waals surface area contributed by atoms with Crippen LogP contribution < -0.4 is 9.46 Å². The Labute approximate surface area is 149 Å². The van der Waals surface area contributed by atoms with Crippen molar-refractivity contribution in [1.82, 2.24) is 4.57 Å². The van der Waals surface area contributed by atoms with Crippen molar-refractivity contribution in [2.75, 3.05) is 17.6 Å². The van der Waals surface area contributed by atoms with Crippen molar-refractivity contribution in [3.8, 4) is 23.1 Å². The Morgan fingerprint density at radius 3 is 2.56 bits per heavy atom. The predicted octanol–water partition coefficient (Wildman–Crippen LogP) is 3.82. The van der Waals surface area contributed by atoms with E-state index in [4.69, 9.17) is 4.74 Å². The molecule has 0 radical (unpaired) electrons. The van der Waals surface area contributed by atoms with Crippen LogP contribution in [0.5, 0.6) is 5.75 Å². The van der Waals surface area contributed by atoms with Gasteiger partial charge in [0.1, 0.15) is 22.8 Å². The molecule has 25 heavy (non-hydrogen) atoms. The monoisotopic (exact) mass is 353 g/mol. The highest BCUT2D eigenvalue weighted by Gasteiger charge is 2.17. The van der Waals surface area contributed by atoms with E-state index in [1.165, 1.54) is 0 Å². The van der Waals surface area contributed by atoms with Crippen LogP contribution in [0.3, 0.4) is 0 Å². The van der Waals surface area contributed by atoms with Gasteiger partial charge in [-0.1, -0.05) is 12.1 Å². The highest BCUT2D eigenvalue weighted by Crippen LogP contribution is 2.34. The molecule has 1 N–H and O–H groups in total. The maximum absolute atomic E-state index is 11.3. The van der Waals surface area contributed by atoms with E-state index in [0.717, 1.165) is 33.6 Å². The number of hydrogen-bond acceptors (Lipinski definition) is 3. The number of aromatic nitrogens is 1. The van der Waals surface area contributed by atoms with Gasteiger partial charge in [-0.2, -0.15) is 5.26 Å². The molecule has 0 aliphatic rings. The van der Waals surface area contributed by atoms with Gasteiger partial charge in [0.15, 0.2) is 0 Å². The van der Waals surface area contributed by atoms with Crippen LogP contribution in [0.2, 0.25) is 0 Å². The van der Waals surface area contributed by atoms with Crippen molar-refractivity contribution >= 4 is 27.6 Å². The Hall–Kier alpha value is -2.78. The zero-order valence-corrected chi connectivity index (χ0v) is 15.2. The van der Waals surface area contributed by atoms with E-state index in [-0.39, 0.29) is 0 Å². The van der Waals surface area contributed by atoms with E-state index < -0.39 is 11.0 Å². The van der Waals surface area contributed by atoms with Gasteiger partial charge < -0.3 is 14.0 Å². The van der Waals surface area contributed by atoms with Gasteiger partial charge in [0.2, 0.25) is 0 Å². The van der Waals surface area contributed by atoms with E-state index in [1.807, 2.05) is 61.0 Å². The SMILES string of the molecule is CCOc1ccc2c(C#N)c(-c3ccc(NS(C)=O)cc3)n(C)c2c1. The molecule has 3 aromatic rings. The van der Waals surface area contributed by atoms with E-state index >= 15 is 0 Å². The van der Waals surface area contributed by atoms with Gasteiger partial charge in [-0.05, 0) is 36.8 Å². The Bertz CT molecular complexity index is 985. The summed E-state index contributed by atoms with van der Waals surface area (Å²) in [5.41, 5.74) is 4.16. The molecular formula is C19H19N3O2S. The third kappa shape index (κ3) is 3.24. The van der Waals surface area contributed by atoms with Crippen LogP contribution >= 0.6 is 0 Å². The molecule has 0 saturated heterocycles. The van der Waals surface area contributed by atoms with Gasteiger partial charge >= 0.3 is 0 Å². The second-order valence-electron chi connectivity index (χ2n) is 5.64. The lowest BCUT2D eigenvalue weighted by Gasteiger charge is -2.08. The smallest absolute Gasteiger partial charge is 0.121 e. The number of fused-ring (bicyclic) bond motifs is 1. The van der Waals surface area contributed by atoms with Crippen LogP contribution in [0.1, 0.15) is 12.5 Å². The van der Waals surface area contributed by atoms with Gasteiger partial charge in [-0.25, -0.2) is 4.21 Å². The standard InChI is InChI=1S/C19H19N3O2S/c1-4-24-15-9-10-16-17(12-20)19(22(2)18(16)11-15)13-5-7-14(8-6-13)21-25(3)23/h5-11,21H,4H2,1-3H3. The Morgan fingerprint density at radius 2 is 1.96 bits per heavy atom. The number of anilines is 1. The molecule has 5 nitrogen and oxygen atoms in total. The zero-order chi connectivity index (χ0) is 18.0. The van der Waals surface area contributed by atoms with Crippen LogP contribution in [0.4, 0.5) is 5.69 Å². The summed E-state index contributed by atoms with van der Waals surface area (Å²) < 4.78 is 21.7. The molecule has 0 saturated carbocycles. The summed E-state index contributed by atoms with van der Waals surface area (Å²) >= 11 is 0. The molecule has 1 atom stereocenters. The van der Waals surface area contributed by atoms with Crippen molar-refractivity contribution in [3.63, 3.8) is 0 Å². The number of ether oxygens (including phenoxy) is 1. The third-order valence-electron chi connectivity index (χ3n) is 4.01. The van der Waals surface area contributed by atoms with Crippen molar-refractivity contribution in [1.29, 1.82) is 5.26 Å². The molecule has 6 heteroatoms. The fourth-order valence-electron chi connectivity index (χ4n) is 2.99. The summed E-state index contributed by atoms with van der Waals surface area (Å²) in [4.78, 5) is 0. The quantitative estimate of drug-likeness (QED) is 0.758. The summed E-state index contributed by atoms with van der Waals surface area (Å²) in [5.74, 6) is 0.789. The molecule has 0 aliphatic heterocycles. The number of nitrogens with one attached hydrogen (secondary N) is 1. The largest absolute Gasteiger partial charge is 0.494 e. The average Bonchev–Trinajstić information content (AvgIpc) is 2.87. The van der Waals surface area contributed by atoms with Gasteiger partial charge in [0.05, 0.1) is 23.4 Å². The molecule has 0 amide bonds. The van der Waals surface area contributed by atoms with E-state index in [1.54, 1.807) is 6.26 Å². The van der Waals surface area contributed by atoms with Crippen LogP contribution in [-0.2, 0) is 18.0 Å². The Morgan fingerprint density at radius 1 is 1.24 bits per heavy atom. The van der Waals surface area contributed by atoms with E-state index in [9.17, 15) is 9.47 Å². The second kappa shape index (κ2) is 6.99. The maximum atomic E-state index is 11.3. The van der Waals surface area contributed by atoms with Gasteiger partial charge in [-0.15, -0.1) is 0 Å². The summed E-state index contributed by atoms with van der Waals surface area (Å²) in [6.45, 7) is 2.54. The van der Waals surface area contributed by atoms with Gasteiger partial charge in [-0.3, -0.25) is 0 Å². The Kier molecular flexibility index (Phi) is 4.77. The summed E-state index contributed by atoms with van der Waals surface area (Å²) in [6.07, 6.45) is 1.58. The lowest BCUT2D eigenvalue weighted by Crippen LogP contribution is -2.00. The van der Waals surface area contributed by atoms with Crippen molar-refractivity contribution in [3.05, 3.63) is 48.0 Å². The molecule has 0 aliphatic carbocycles. The topological polar surface area (TPSA) is 67.0 Å². The molecule has 1 unspecified atom stereocenters. The van der Waals surface area contributed by atoms with Crippen molar-refractivity contribution < 1.29 is 8.95 Å². The first-order valence-electron chi connectivity index (χ1n) is 7.91. The number of aryl methyl sites for hydroxylation is 1. The summed E-state index contributed by atoms with van der Waals surface area (Å²) in [6, 6.07) is 15.7. The highest BCUT2D eigenvalue weighted by atomic mass is 32.2. The lowest BCUT2D eigenvalue weighted by atomic mass is 10.1. The number of nitrogens with zero attached hydrogens (tertiary/aromatic N) is 2. The normalized spacial score (nSPS) is 11.9. The molecular weight excluding hydrogens is 334 g/mol. The summed E-state index contributed by atoms with van der Waals surface area (Å²) in [7, 11) is 0.829. The number of nitriles is 1. The fourth-order valence-corrected chi connectivity index (χ4v) is 3.45. The number of hydrogen-bond donors (Lipinski definition) is 1. The first kappa shape index (κ1) is 17.1. The minimum Gasteiger partial charge on any atom is -0.494 e. The zero-order valence-electron chi connectivity index (χ0n) is 14.4. The summed E-state index contributed by atoms with van der Waals surface area (Å²) in [5, 5.41) is 10.6. The fraction of sp³-hybridized carbons (Fsp3) is 0.211. The van der Waals surface area contributed by atoms with E-state index in [0.29, 0.717) is 12.2 Å². The first-order chi connectivity index (χ1) is 12.0. The molecule has 1 aromatic heterocycles. The van der Waals surface area contributed by atoms with Crippen LogP contribution in [-0.4, -0.2) is 21.6 Å². The third-order valence-corrected chi connectivity index (χ3v) is 4.54. The van der Waals surface area contributed by atoms with Crippen molar-refractivity contribution in [2.45, 2.75) is 6.92 Å². The first-order valence-corrected chi connectivity index (χ1v) is 9.46. The minimum absolute atomic E-state index is 0.598. The van der Waals surface area contributed by atoms with Crippen LogP contribution in [0.25, 0.3) is 22.2 Å². The molecule has 0 spiro atoms. The average molecular weight is 353 g/mol. The maximum Gasteiger partial charge on any atom is 0.121 e. The molecule has 1 heterocycles. The number of rotatable bonds is 5. The second-order valence-corrected chi connectivity index (χ2v) is 6.75. The van der Waals surface area contributed by atoms with Gasteiger partial charge in [0.25, 0.3) is 0 Å².